The van der Waals surface area contributed by atoms with Crippen LogP contribution in [0.15, 0.2) is 6.33 Å². The van der Waals surface area contributed by atoms with Crippen LogP contribution in [0.1, 0.15) is 19.8 Å². The third-order valence-corrected chi connectivity index (χ3v) is 3.61. The summed E-state index contributed by atoms with van der Waals surface area (Å²) in [5, 5.41) is 0. The standard InChI is InChI=1S/C14H23N5O2/c1-4-21-14(20)10-6-5-7-19(8-10)13-11(15)12(18(2)3)16-9-17-13/h9-10H,4-8,15H2,1-3H3. The second kappa shape index (κ2) is 6.60. The van der Waals surface area contributed by atoms with Gasteiger partial charge in [-0.3, -0.25) is 4.79 Å². The Kier molecular flexibility index (Phi) is 4.82. The zero-order valence-electron chi connectivity index (χ0n) is 12.9. The molecule has 1 atom stereocenters. The fourth-order valence-corrected chi connectivity index (χ4v) is 2.61. The predicted molar refractivity (Wildman–Crippen MR) is 82.3 cm³/mol. The van der Waals surface area contributed by atoms with E-state index >= 15 is 0 Å². The predicted octanol–water partition coefficient (Wildman–Crippen LogP) is 0.904. The lowest BCUT2D eigenvalue weighted by Gasteiger charge is -2.33. The van der Waals surface area contributed by atoms with Crippen LogP contribution in [0.25, 0.3) is 0 Å². The summed E-state index contributed by atoms with van der Waals surface area (Å²) in [6.45, 7) is 3.66. The van der Waals surface area contributed by atoms with Crippen LogP contribution < -0.4 is 15.5 Å². The smallest absolute Gasteiger partial charge is 0.310 e. The van der Waals surface area contributed by atoms with Crippen LogP contribution in [0.5, 0.6) is 0 Å². The first-order valence-corrected chi connectivity index (χ1v) is 7.24. The molecule has 116 valence electrons. The highest BCUT2D eigenvalue weighted by molar-refractivity contribution is 5.77. The van der Waals surface area contributed by atoms with E-state index in [1.807, 2.05) is 25.9 Å². The number of nitrogens with two attached hydrogens (primary N) is 1. The summed E-state index contributed by atoms with van der Waals surface area (Å²) in [7, 11) is 3.78. The highest BCUT2D eigenvalue weighted by Crippen LogP contribution is 2.31. The first-order valence-electron chi connectivity index (χ1n) is 7.24. The Bertz CT molecular complexity index is 506. The van der Waals surface area contributed by atoms with Crippen molar-refractivity contribution in [3.05, 3.63) is 6.33 Å². The Morgan fingerprint density at radius 3 is 2.95 bits per heavy atom. The number of nitrogens with zero attached hydrogens (tertiary/aromatic N) is 4. The molecular formula is C14H23N5O2. The van der Waals surface area contributed by atoms with Gasteiger partial charge < -0.3 is 20.3 Å². The van der Waals surface area contributed by atoms with Crippen molar-refractivity contribution in [2.45, 2.75) is 19.8 Å². The Morgan fingerprint density at radius 2 is 2.29 bits per heavy atom. The number of nitrogen functional groups attached to an aromatic ring is 1. The van der Waals surface area contributed by atoms with E-state index in [9.17, 15) is 4.79 Å². The first-order chi connectivity index (χ1) is 10.0. The molecule has 2 N–H and O–H groups in total. The van der Waals surface area contributed by atoms with Gasteiger partial charge >= 0.3 is 5.97 Å². The minimum atomic E-state index is -0.136. The molecule has 0 amide bonds. The summed E-state index contributed by atoms with van der Waals surface area (Å²) in [5.74, 6) is 1.14. The van der Waals surface area contributed by atoms with Crippen molar-refractivity contribution >= 4 is 23.3 Å². The lowest BCUT2D eigenvalue weighted by atomic mass is 9.98. The van der Waals surface area contributed by atoms with E-state index in [4.69, 9.17) is 10.5 Å². The molecule has 1 aliphatic rings. The molecule has 1 saturated heterocycles. The molecular weight excluding hydrogens is 270 g/mol. The van der Waals surface area contributed by atoms with E-state index in [2.05, 4.69) is 14.9 Å². The summed E-state index contributed by atoms with van der Waals surface area (Å²) in [5.41, 5.74) is 6.72. The van der Waals surface area contributed by atoms with Gasteiger partial charge in [0.1, 0.15) is 12.0 Å². The van der Waals surface area contributed by atoms with Crippen molar-refractivity contribution < 1.29 is 9.53 Å². The molecule has 0 bridgehead atoms. The van der Waals surface area contributed by atoms with Crippen LogP contribution in [-0.4, -0.2) is 49.7 Å². The molecule has 1 aromatic heterocycles. The van der Waals surface area contributed by atoms with Gasteiger partial charge in [-0.15, -0.1) is 0 Å². The highest BCUT2D eigenvalue weighted by Gasteiger charge is 2.29. The number of anilines is 3. The molecule has 7 heteroatoms. The van der Waals surface area contributed by atoms with Gasteiger partial charge in [0, 0.05) is 27.2 Å². The lowest BCUT2D eigenvalue weighted by molar-refractivity contribution is -0.148. The molecule has 1 aliphatic heterocycles. The van der Waals surface area contributed by atoms with Gasteiger partial charge in [-0.2, -0.15) is 0 Å². The van der Waals surface area contributed by atoms with Crippen molar-refractivity contribution in [3.63, 3.8) is 0 Å². The Balaban J connectivity index is 2.18. The second-order valence-electron chi connectivity index (χ2n) is 5.37. The Hall–Kier alpha value is -2.05. The fourth-order valence-electron chi connectivity index (χ4n) is 2.61. The quantitative estimate of drug-likeness (QED) is 0.826. The maximum Gasteiger partial charge on any atom is 0.310 e. The average Bonchev–Trinajstić information content (AvgIpc) is 2.47. The topological polar surface area (TPSA) is 84.6 Å². The molecule has 2 heterocycles. The van der Waals surface area contributed by atoms with Gasteiger partial charge in [-0.05, 0) is 19.8 Å². The minimum Gasteiger partial charge on any atom is -0.466 e. The summed E-state index contributed by atoms with van der Waals surface area (Å²) in [6.07, 6.45) is 3.28. The molecule has 1 fully saturated rings. The van der Waals surface area contributed by atoms with E-state index < -0.39 is 0 Å². The molecule has 0 aromatic carbocycles. The summed E-state index contributed by atoms with van der Waals surface area (Å²) in [6, 6.07) is 0. The monoisotopic (exact) mass is 293 g/mol. The van der Waals surface area contributed by atoms with Crippen molar-refractivity contribution in [2.24, 2.45) is 5.92 Å². The van der Waals surface area contributed by atoms with Gasteiger partial charge in [0.25, 0.3) is 0 Å². The average molecular weight is 293 g/mol. The Morgan fingerprint density at radius 1 is 1.52 bits per heavy atom. The minimum absolute atomic E-state index is 0.115. The number of hydrogen-bond acceptors (Lipinski definition) is 7. The molecule has 0 spiro atoms. The van der Waals surface area contributed by atoms with Gasteiger partial charge in [0.2, 0.25) is 0 Å². The number of aromatic nitrogens is 2. The molecule has 2 rings (SSSR count). The third kappa shape index (κ3) is 3.34. The number of rotatable bonds is 4. The molecule has 0 aliphatic carbocycles. The van der Waals surface area contributed by atoms with E-state index in [0.29, 0.717) is 30.5 Å². The highest BCUT2D eigenvalue weighted by atomic mass is 16.5. The molecule has 21 heavy (non-hydrogen) atoms. The lowest BCUT2D eigenvalue weighted by Crippen LogP contribution is -2.40. The number of carbonyl (C=O) groups is 1. The molecule has 0 saturated carbocycles. The van der Waals surface area contributed by atoms with E-state index in [1.54, 1.807) is 0 Å². The largest absolute Gasteiger partial charge is 0.466 e. The van der Waals surface area contributed by atoms with Crippen molar-refractivity contribution in [1.29, 1.82) is 0 Å². The van der Waals surface area contributed by atoms with E-state index in [1.165, 1.54) is 6.33 Å². The molecule has 7 nitrogen and oxygen atoms in total. The maximum absolute atomic E-state index is 11.9. The first kappa shape index (κ1) is 15.3. The number of carbonyl (C=O) groups excluding carboxylic acids is 1. The van der Waals surface area contributed by atoms with Gasteiger partial charge in [-0.1, -0.05) is 0 Å². The summed E-state index contributed by atoms with van der Waals surface area (Å²) >= 11 is 0. The van der Waals surface area contributed by atoms with Crippen molar-refractivity contribution in [1.82, 2.24) is 9.97 Å². The molecule has 0 radical (unpaired) electrons. The second-order valence-corrected chi connectivity index (χ2v) is 5.37. The molecule has 1 aromatic rings. The van der Waals surface area contributed by atoms with Crippen molar-refractivity contribution in [2.75, 3.05) is 49.3 Å². The third-order valence-electron chi connectivity index (χ3n) is 3.61. The number of esters is 1. The number of piperidine rings is 1. The van der Waals surface area contributed by atoms with Crippen LogP contribution in [0.4, 0.5) is 17.3 Å². The summed E-state index contributed by atoms with van der Waals surface area (Å²) < 4.78 is 5.12. The molecule has 1 unspecified atom stereocenters. The van der Waals surface area contributed by atoms with Gasteiger partial charge in [-0.25, -0.2) is 9.97 Å². The normalized spacial score (nSPS) is 18.4. The van der Waals surface area contributed by atoms with Crippen molar-refractivity contribution in [3.8, 4) is 0 Å². The van der Waals surface area contributed by atoms with E-state index in [-0.39, 0.29) is 11.9 Å². The number of ether oxygens (including phenoxy) is 1. The zero-order chi connectivity index (χ0) is 15.4. The van der Waals surface area contributed by atoms with Gasteiger partial charge in [0.15, 0.2) is 11.6 Å². The van der Waals surface area contributed by atoms with E-state index in [0.717, 1.165) is 19.4 Å². The van der Waals surface area contributed by atoms with Crippen LogP contribution in [0, 0.1) is 5.92 Å². The summed E-state index contributed by atoms with van der Waals surface area (Å²) in [4.78, 5) is 24.3. The Labute approximate surface area is 125 Å². The zero-order valence-corrected chi connectivity index (χ0v) is 12.9. The SMILES string of the molecule is CCOC(=O)C1CCCN(c2ncnc(N(C)C)c2N)C1. The van der Waals surface area contributed by atoms with Crippen LogP contribution in [0.3, 0.4) is 0 Å². The van der Waals surface area contributed by atoms with Gasteiger partial charge in [0.05, 0.1) is 12.5 Å². The van der Waals surface area contributed by atoms with Crippen LogP contribution in [-0.2, 0) is 9.53 Å². The number of hydrogen-bond donors (Lipinski definition) is 1. The maximum atomic E-state index is 11.9. The van der Waals surface area contributed by atoms with Crippen LogP contribution >= 0.6 is 0 Å². The van der Waals surface area contributed by atoms with Crippen LogP contribution in [0.2, 0.25) is 0 Å². The fraction of sp³-hybridized carbons (Fsp3) is 0.643.